The summed E-state index contributed by atoms with van der Waals surface area (Å²) in [5.74, 6) is 0.530. The Kier molecular flexibility index (Phi) is 2.84. The SMILES string of the molecule is C=Cn1cc(CC(=O)OC)nc1C. The summed E-state index contributed by atoms with van der Waals surface area (Å²) in [5, 5.41) is 0. The highest BCUT2D eigenvalue weighted by atomic mass is 16.5. The van der Waals surface area contributed by atoms with Crippen molar-refractivity contribution in [3.05, 3.63) is 24.3 Å². The number of carbonyl (C=O) groups excluding carboxylic acids is 1. The number of nitrogens with zero attached hydrogens (tertiary/aromatic N) is 2. The van der Waals surface area contributed by atoms with Gasteiger partial charge in [0.05, 0.1) is 19.2 Å². The summed E-state index contributed by atoms with van der Waals surface area (Å²) in [6, 6.07) is 0. The highest BCUT2D eigenvalue weighted by Gasteiger charge is 2.07. The molecule has 0 saturated carbocycles. The standard InChI is InChI=1S/C9H12N2O2/c1-4-11-6-8(10-7(11)2)5-9(12)13-3/h4,6H,1,5H2,2-3H3. The minimum Gasteiger partial charge on any atom is -0.469 e. The lowest BCUT2D eigenvalue weighted by atomic mass is 10.3. The molecule has 0 unspecified atom stereocenters. The number of ether oxygens (including phenoxy) is 1. The van der Waals surface area contributed by atoms with E-state index in [1.54, 1.807) is 17.0 Å². The first kappa shape index (κ1) is 9.51. The van der Waals surface area contributed by atoms with Crippen molar-refractivity contribution in [3.63, 3.8) is 0 Å². The van der Waals surface area contributed by atoms with Crippen LogP contribution in [0.25, 0.3) is 6.20 Å². The molecule has 0 bridgehead atoms. The normalized spacial score (nSPS) is 9.69. The van der Waals surface area contributed by atoms with Crippen LogP contribution in [0.1, 0.15) is 11.5 Å². The van der Waals surface area contributed by atoms with Crippen molar-refractivity contribution in [2.24, 2.45) is 0 Å². The summed E-state index contributed by atoms with van der Waals surface area (Å²) in [4.78, 5) is 15.1. The van der Waals surface area contributed by atoms with E-state index in [1.807, 2.05) is 6.92 Å². The second-order valence-electron chi connectivity index (χ2n) is 2.62. The fraction of sp³-hybridized carbons (Fsp3) is 0.333. The van der Waals surface area contributed by atoms with Crippen LogP contribution in [0.5, 0.6) is 0 Å². The monoisotopic (exact) mass is 180 g/mol. The first-order valence-corrected chi connectivity index (χ1v) is 3.91. The molecule has 0 aliphatic heterocycles. The molecule has 13 heavy (non-hydrogen) atoms. The number of aryl methyl sites for hydroxylation is 1. The second-order valence-corrected chi connectivity index (χ2v) is 2.62. The van der Waals surface area contributed by atoms with E-state index in [0.29, 0.717) is 5.69 Å². The molecular formula is C9H12N2O2. The Bertz CT molecular complexity index is 328. The van der Waals surface area contributed by atoms with Gasteiger partial charge in [-0.2, -0.15) is 0 Å². The second kappa shape index (κ2) is 3.89. The lowest BCUT2D eigenvalue weighted by Gasteiger charge is -1.93. The molecule has 0 fully saturated rings. The third kappa shape index (κ3) is 2.18. The summed E-state index contributed by atoms with van der Waals surface area (Å²) >= 11 is 0. The average molecular weight is 180 g/mol. The summed E-state index contributed by atoms with van der Waals surface area (Å²) in [6.07, 6.45) is 3.61. The van der Waals surface area contributed by atoms with E-state index in [0.717, 1.165) is 5.82 Å². The molecular weight excluding hydrogens is 168 g/mol. The van der Waals surface area contributed by atoms with Crippen LogP contribution in [-0.2, 0) is 16.0 Å². The Labute approximate surface area is 76.8 Å². The molecule has 1 aromatic rings. The van der Waals surface area contributed by atoms with Crippen LogP contribution in [0.2, 0.25) is 0 Å². The van der Waals surface area contributed by atoms with Crippen molar-refractivity contribution in [2.75, 3.05) is 7.11 Å². The van der Waals surface area contributed by atoms with Gasteiger partial charge < -0.3 is 9.30 Å². The van der Waals surface area contributed by atoms with Crippen LogP contribution >= 0.6 is 0 Å². The van der Waals surface area contributed by atoms with Crippen molar-refractivity contribution >= 4 is 12.2 Å². The average Bonchev–Trinajstić information content (AvgIpc) is 2.46. The van der Waals surface area contributed by atoms with E-state index < -0.39 is 0 Å². The highest BCUT2D eigenvalue weighted by Crippen LogP contribution is 2.03. The first-order valence-electron chi connectivity index (χ1n) is 3.91. The summed E-state index contributed by atoms with van der Waals surface area (Å²) in [5.41, 5.74) is 0.698. The Balaban J connectivity index is 2.79. The van der Waals surface area contributed by atoms with Crippen molar-refractivity contribution < 1.29 is 9.53 Å². The first-order chi connectivity index (χ1) is 6.17. The predicted octanol–water partition coefficient (Wildman–Crippen LogP) is 1.01. The van der Waals surface area contributed by atoms with Gasteiger partial charge in [-0.3, -0.25) is 4.79 Å². The van der Waals surface area contributed by atoms with Crippen LogP contribution in [0.4, 0.5) is 0 Å². The zero-order chi connectivity index (χ0) is 9.84. The molecule has 4 heteroatoms. The highest BCUT2D eigenvalue weighted by molar-refractivity contribution is 5.71. The van der Waals surface area contributed by atoms with E-state index >= 15 is 0 Å². The minimum absolute atomic E-state index is 0.207. The van der Waals surface area contributed by atoms with Crippen LogP contribution in [0, 0.1) is 6.92 Å². The predicted molar refractivity (Wildman–Crippen MR) is 49.1 cm³/mol. The molecule has 0 aliphatic rings. The Hall–Kier alpha value is -1.58. The lowest BCUT2D eigenvalue weighted by Crippen LogP contribution is -2.04. The molecule has 0 spiro atoms. The zero-order valence-corrected chi connectivity index (χ0v) is 7.78. The smallest absolute Gasteiger partial charge is 0.311 e. The molecule has 0 atom stereocenters. The molecule has 70 valence electrons. The lowest BCUT2D eigenvalue weighted by molar-refractivity contribution is -0.139. The van der Waals surface area contributed by atoms with E-state index in [9.17, 15) is 4.79 Å². The van der Waals surface area contributed by atoms with E-state index in [1.165, 1.54) is 7.11 Å². The largest absolute Gasteiger partial charge is 0.469 e. The van der Waals surface area contributed by atoms with Gasteiger partial charge in [0.1, 0.15) is 5.82 Å². The summed E-state index contributed by atoms with van der Waals surface area (Å²) in [7, 11) is 1.36. The van der Waals surface area contributed by atoms with Crippen LogP contribution in [-0.4, -0.2) is 22.6 Å². The Morgan fingerprint density at radius 3 is 3.00 bits per heavy atom. The maximum absolute atomic E-state index is 10.9. The zero-order valence-electron chi connectivity index (χ0n) is 7.78. The van der Waals surface area contributed by atoms with Crippen LogP contribution in [0.3, 0.4) is 0 Å². The number of rotatable bonds is 3. The molecule has 1 heterocycles. The summed E-state index contributed by atoms with van der Waals surface area (Å²) < 4.78 is 6.29. The molecule has 0 radical (unpaired) electrons. The fourth-order valence-electron chi connectivity index (χ4n) is 1.04. The van der Waals surface area contributed by atoms with Crippen molar-refractivity contribution in [3.8, 4) is 0 Å². The number of imidazole rings is 1. The molecule has 0 N–H and O–H groups in total. The maximum atomic E-state index is 10.9. The molecule has 0 amide bonds. The number of carbonyl (C=O) groups is 1. The topological polar surface area (TPSA) is 44.1 Å². The van der Waals surface area contributed by atoms with Crippen molar-refractivity contribution in [2.45, 2.75) is 13.3 Å². The van der Waals surface area contributed by atoms with Crippen molar-refractivity contribution in [1.82, 2.24) is 9.55 Å². The Morgan fingerprint density at radius 2 is 2.54 bits per heavy atom. The maximum Gasteiger partial charge on any atom is 0.311 e. The number of methoxy groups -OCH3 is 1. The molecule has 1 aromatic heterocycles. The number of hydrogen-bond donors (Lipinski definition) is 0. The van der Waals surface area contributed by atoms with E-state index in [4.69, 9.17) is 0 Å². The third-order valence-electron chi connectivity index (χ3n) is 1.72. The van der Waals surface area contributed by atoms with Gasteiger partial charge in [-0.15, -0.1) is 0 Å². The quantitative estimate of drug-likeness (QED) is 0.652. The van der Waals surface area contributed by atoms with Gasteiger partial charge in [-0.1, -0.05) is 6.58 Å². The molecule has 1 rings (SSSR count). The fourth-order valence-corrected chi connectivity index (χ4v) is 1.04. The molecule has 0 aromatic carbocycles. The molecule has 4 nitrogen and oxygen atoms in total. The van der Waals surface area contributed by atoms with Crippen LogP contribution in [0.15, 0.2) is 12.8 Å². The number of aromatic nitrogens is 2. The van der Waals surface area contributed by atoms with Gasteiger partial charge in [0.2, 0.25) is 0 Å². The van der Waals surface area contributed by atoms with Gasteiger partial charge >= 0.3 is 5.97 Å². The number of esters is 1. The Morgan fingerprint density at radius 1 is 1.85 bits per heavy atom. The van der Waals surface area contributed by atoms with Gasteiger partial charge in [0, 0.05) is 12.4 Å². The molecule has 0 saturated heterocycles. The third-order valence-corrected chi connectivity index (χ3v) is 1.72. The number of hydrogen-bond acceptors (Lipinski definition) is 3. The van der Waals surface area contributed by atoms with Crippen molar-refractivity contribution in [1.29, 1.82) is 0 Å². The van der Waals surface area contributed by atoms with Gasteiger partial charge in [-0.05, 0) is 6.92 Å². The molecule has 0 aliphatic carbocycles. The summed E-state index contributed by atoms with van der Waals surface area (Å²) in [6.45, 7) is 5.46. The van der Waals surface area contributed by atoms with Gasteiger partial charge in [0.15, 0.2) is 0 Å². The van der Waals surface area contributed by atoms with Crippen LogP contribution < -0.4 is 0 Å². The van der Waals surface area contributed by atoms with E-state index in [-0.39, 0.29) is 12.4 Å². The van der Waals surface area contributed by atoms with E-state index in [2.05, 4.69) is 16.3 Å². The van der Waals surface area contributed by atoms with Gasteiger partial charge in [0.25, 0.3) is 0 Å². The van der Waals surface area contributed by atoms with Gasteiger partial charge in [-0.25, -0.2) is 4.98 Å². The minimum atomic E-state index is -0.284.